The van der Waals surface area contributed by atoms with E-state index in [1.165, 1.54) is 16.3 Å². The van der Waals surface area contributed by atoms with E-state index in [-0.39, 0.29) is 0 Å². The zero-order chi connectivity index (χ0) is 21.9. The molecule has 0 aliphatic carbocycles. The summed E-state index contributed by atoms with van der Waals surface area (Å²) >= 11 is 7.81. The van der Waals surface area contributed by atoms with Gasteiger partial charge < -0.3 is 4.74 Å². The van der Waals surface area contributed by atoms with Gasteiger partial charge in [-0.1, -0.05) is 65.8 Å². The van der Waals surface area contributed by atoms with Gasteiger partial charge in [0.05, 0.1) is 7.11 Å². The third-order valence-electron chi connectivity index (χ3n) is 5.30. The number of nitrogens with zero attached hydrogens (tertiary/aromatic N) is 3. The van der Waals surface area contributed by atoms with Gasteiger partial charge in [0, 0.05) is 22.0 Å². The average Bonchev–Trinajstić information content (AvgIpc) is 3.27. The van der Waals surface area contributed by atoms with Gasteiger partial charge in [0.1, 0.15) is 5.75 Å². The second kappa shape index (κ2) is 9.07. The van der Waals surface area contributed by atoms with Crippen molar-refractivity contribution >= 4 is 34.1 Å². The zero-order valence-corrected chi connectivity index (χ0v) is 19.0. The van der Waals surface area contributed by atoms with E-state index < -0.39 is 0 Å². The molecule has 0 atom stereocenters. The maximum absolute atomic E-state index is 6.14. The molecule has 0 saturated carbocycles. The van der Waals surface area contributed by atoms with Crippen LogP contribution < -0.4 is 4.74 Å². The van der Waals surface area contributed by atoms with Gasteiger partial charge in [0.15, 0.2) is 11.0 Å². The third kappa shape index (κ3) is 4.09. The van der Waals surface area contributed by atoms with Crippen molar-refractivity contribution in [3.05, 3.63) is 102 Å². The number of hydrogen-bond donors (Lipinski definition) is 0. The molecule has 0 N–H and O–H groups in total. The molecule has 0 saturated heterocycles. The second-order valence-corrected chi connectivity index (χ2v) is 8.65. The van der Waals surface area contributed by atoms with Crippen molar-refractivity contribution in [3.63, 3.8) is 0 Å². The smallest absolute Gasteiger partial charge is 0.196 e. The molecule has 4 nitrogen and oxygen atoms in total. The molecular formula is C26H20ClN3OS. The second-order valence-electron chi connectivity index (χ2n) is 7.27. The molecule has 5 rings (SSSR count). The number of hydrogen-bond acceptors (Lipinski definition) is 4. The number of rotatable bonds is 6. The lowest BCUT2D eigenvalue weighted by atomic mass is 10.1. The number of fused-ring (bicyclic) bond motifs is 1. The molecule has 158 valence electrons. The first-order valence-corrected chi connectivity index (χ1v) is 11.5. The van der Waals surface area contributed by atoms with Crippen molar-refractivity contribution in [2.75, 3.05) is 7.11 Å². The lowest BCUT2D eigenvalue weighted by Crippen LogP contribution is -2.00. The van der Waals surface area contributed by atoms with Crippen LogP contribution >= 0.6 is 23.4 Å². The molecule has 4 aromatic carbocycles. The number of methoxy groups -OCH3 is 1. The summed E-state index contributed by atoms with van der Waals surface area (Å²) in [4.78, 5) is 0. The molecule has 0 unspecified atom stereocenters. The fraction of sp³-hybridized carbons (Fsp3) is 0.0769. The predicted octanol–water partition coefficient (Wildman–Crippen LogP) is 7.04. The quantitative estimate of drug-likeness (QED) is 0.256. The maximum Gasteiger partial charge on any atom is 0.196 e. The zero-order valence-electron chi connectivity index (χ0n) is 17.4. The highest BCUT2D eigenvalue weighted by Gasteiger charge is 2.17. The highest BCUT2D eigenvalue weighted by Crippen LogP contribution is 2.32. The Morgan fingerprint density at radius 2 is 1.59 bits per heavy atom. The number of benzene rings is 4. The molecule has 0 bridgehead atoms. The molecule has 6 heteroatoms. The fourth-order valence-corrected chi connectivity index (χ4v) is 4.76. The first kappa shape index (κ1) is 20.6. The van der Waals surface area contributed by atoms with Gasteiger partial charge in [-0.05, 0) is 64.9 Å². The first-order valence-electron chi connectivity index (χ1n) is 10.2. The van der Waals surface area contributed by atoms with Crippen LogP contribution in [0, 0.1) is 0 Å². The Bertz CT molecular complexity index is 1360. The molecule has 5 aromatic rings. The van der Waals surface area contributed by atoms with Crippen molar-refractivity contribution in [2.24, 2.45) is 0 Å². The van der Waals surface area contributed by atoms with E-state index in [2.05, 4.69) is 57.2 Å². The number of ether oxygens (including phenoxy) is 1. The SMILES string of the molecule is COc1ccc(-c2nnc(SCc3cccc4ccccc34)n2-c2ccc(Cl)cc2)cc1. The van der Waals surface area contributed by atoms with Gasteiger partial charge in [-0.3, -0.25) is 4.57 Å². The summed E-state index contributed by atoms with van der Waals surface area (Å²) in [7, 11) is 1.66. The van der Waals surface area contributed by atoms with Crippen LogP contribution in [-0.4, -0.2) is 21.9 Å². The van der Waals surface area contributed by atoms with Crippen LogP contribution in [0.4, 0.5) is 0 Å². The summed E-state index contributed by atoms with van der Waals surface area (Å²) in [6, 6.07) is 30.4. The summed E-state index contributed by atoms with van der Waals surface area (Å²) in [6.07, 6.45) is 0. The van der Waals surface area contributed by atoms with Gasteiger partial charge >= 0.3 is 0 Å². The Kier molecular flexibility index (Phi) is 5.84. The van der Waals surface area contributed by atoms with Crippen LogP contribution in [0.1, 0.15) is 5.56 Å². The molecule has 0 aliphatic rings. The summed E-state index contributed by atoms with van der Waals surface area (Å²) < 4.78 is 7.38. The van der Waals surface area contributed by atoms with E-state index in [9.17, 15) is 0 Å². The van der Waals surface area contributed by atoms with Gasteiger partial charge in [-0.2, -0.15) is 0 Å². The summed E-state index contributed by atoms with van der Waals surface area (Å²) in [5.74, 6) is 2.36. The molecule has 0 fully saturated rings. The minimum atomic E-state index is 0.692. The summed E-state index contributed by atoms with van der Waals surface area (Å²) in [6.45, 7) is 0. The molecule has 1 aromatic heterocycles. The first-order chi connectivity index (χ1) is 15.7. The molecule has 0 amide bonds. The molecule has 32 heavy (non-hydrogen) atoms. The van der Waals surface area contributed by atoms with Crippen molar-refractivity contribution in [1.82, 2.24) is 14.8 Å². The lowest BCUT2D eigenvalue weighted by Gasteiger charge is -2.11. The molecular weight excluding hydrogens is 438 g/mol. The van der Waals surface area contributed by atoms with Crippen molar-refractivity contribution < 1.29 is 4.74 Å². The minimum Gasteiger partial charge on any atom is -0.497 e. The summed E-state index contributed by atoms with van der Waals surface area (Å²) in [5.41, 5.74) is 3.20. The number of thioether (sulfide) groups is 1. The van der Waals surface area contributed by atoms with Crippen LogP contribution in [0.2, 0.25) is 5.02 Å². The molecule has 0 radical (unpaired) electrons. The fourth-order valence-electron chi connectivity index (χ4n) is 3.67. The van der Waals surface area contributed by atoms with E-state index in [1.54, 1.807) is 18.9 Å². The van der Waals surface area contributed by atoms with Crippen LogP contribution in [-0.2, 0) is 5.75 Å². The van der Waals surface area contributed by atoms with Crippen molar-refractivity contribution in [1.29, 1.82) is 0 Å². The topological polar surface area (TPSA) is 39.9 Å². The van der Waals surface area contributed by atoms with E-state index in [0.29, 0.717) is 5.02 Å². The third-order valence-corrected chi connectivity index (χ3v) is 6.53. The highest BCUT2D eigenvalue weighted by molar-refractivity contribution is 7.98. The normalized spacial score (nSPS) is 11.1. The molecule has 0 aliphatic heterocycles. The number of halogens is 1. The molecule has 1 heterocycles. The van der Waals surface area contributed by atoms with E-state index in [0.717, 1.165) is 33.7 Å². The number of aromatic nitrogens is 3. The Morgan fingerprint density at radius 1 is 0.844 bits per heavy atom. The van der Waals surface area contributed by atoms with Gasteiger partial charge in [0.25, 0.3) is 0 Å². The van der Waals surface area contributed by atoms with Crippen LogP contribution in [0.3, 0.4) is 0 Å². The van der Waals surface area contributed by atoms with E-state index >= 15 is 0 Å². The van der Waals surface area contributed by atoms with Crippen molar-refractivity contribution in [2.45, 2.75) is 10.9 Å². The Morgan fingerprint density at radius 3 is 2.38 bits per heavy atom. The van der Waals surface area contributed by atoms with Gasteiger partial charge in [-0.25, -0.2) is 0 Å². The van der Waals surface area contributed by atoms with Gasteiger partial charge in [-0.15, -0.1) is 10.2 Å². The maximum atomic E-state index is 6.14. The van der Waals surface area contributed by atoms with Crippen LogP contribution in [0.15, 0.2) is 96.2 Å². The van der Waals surface area contributed by atoms with Gasteiger partial charge in [0.2, 0.25) is 0 Å². The predicted molar refractivity (Wildman–Crippen MR) is 132 cm³/mol. The Balaban J connectivity index is 1.54. The lowest BCUT2D eigenvalue weighted by molar-refractivity contribution is 0.415. The monoisotopic (exact) mass is 457 g/mol. The van der Waals surface area contributed by atoms with E-state index in [4.69, 9.17) is 16.3 Å². The Hall–Kier alpha value is -3.28. The van der Waals surface area contributed by atoms with Crippen LogP contribution in [0.5, 0.6) is 5.75 Å². The van der Waals surface area contributed by atoms with Crippen molar-refractivity contribution in [3.8, 4) is 22.8 Å². The average molecular weight is 458 g/mol. The standard InChI is InChI=1S/C26H20ClN3OS/c1-31-23-15-9-19(10-16-23)25-28-29-26(30(25)22-13-11-21(27)12-14-22)32-17-20-7-4-6-18-5-2-3-8-24(18)20/h2-16H,17H2,1H3. The largest absolute Gasteiger partial charge is 0.497 e. The highest BCUT2D eigenvalue weighted by atomic mass is 35.5. The Labute approximate surface area is 195 Å². The van der Waals surface area contributed by atoms with Crippen LogP contribution in [0.25, 0.3) is 27.8 Å². The minimum absolute atomic E-state index is 0.692. The molecule has 0 spiro atoms. The van der Waals surface area contributed by atoms with E-state index in [1.807, 2.05) is 48.5 Å². The summed E-state index contributed by atoms with van der Waals surface area (Å²) in [5, 5.41) is 13.1.